The summed E-state index contributed by atoms with van der Waals surface area (Å²) in [7, 11) is 0. The van der Waals surface area contributed by atoms with Crippen LogP contribution in [0.2, 0.25) is 5.02 Å². The maximum atomic E-state index is 12.5. The van der Waals surface area contributed by atoms with Gasteiger partial charge in [-0.25, -0.2) is 9.97 Å². The highest BCUT2D eigenvalue weighted by Gasteiger charge is 2.45. The number of rotatable bonds is 4. The lowest BCUT2D eigenvalue weighted by molar-refractivity contribution is -0.0328. The highest BCUT2D eigenvalue weighted by molar-refractivity contribution is 8.00. The molecule has 0 amide bonds. The Hall–Kier alpha value is -2.09. The largest absolute Gasteiger partial charge is 0.446 e. The van der Waals surface area contributed by atoms with E-state index in [-0.39, 0.29) is 16.7 Å². The lowest BCUT2D eigenvalue weighted by Crippen LogP contribution is -2.41. The first kappa shape index (κ1) is 22.6. The number of nitrogens with zero attached hydrogens (tertiary/aromatic N) is 2. The van der Waals surface area contributed by atoms with Gasteiger partial charge >= 0.3 is 5.51 Å². The molecule has 1 unspecified atom stereocenters. The Morgan fingerprint density at radius 3 is 1.97 bits per heavy atom. The highest BCUT2D eigenvalue weighted by Crippen LogP contribution is 2.47. The first-order valence-electron chi connectivity index (χ1n) is 9.06. The van der Waals surface area contributed by atoms with Gasteiger partial charge < -0.3 is 5.11 Å². The number of aromatic nitrogens is 2. The van der Waals surface area contributed by atoms with E-state index in [1.54, 1.807) is 42.7 Å². The van der Waals surface area contributed by atoms with E-state index in [0.717, 1.165) is 11.1 Å². The average molecular weight is 453 g/mol. The summed E-state index contributed by atoms with van der Waals surface area (Å²) in [6.45, 7) is 5.67. The molecular weight excluding hydrogens is 433 g/mol. The van der Waals surface area contributed by atoms with E-state index in [2.05, 4.69) is 9.97 Å². The Kier molecular flexibility index (Phi) is 6.18. The minimum absolute atomic E-state index is 0.111. The Bertz CT molecular complexity index is 1020. The van der Waals surface area contributed by atoms with Crippen molar-refractivity contribution in [1.29, 1.82) is 0 Å². The van der Waals surface area contributed by atoms with Crippen molar-refractivity contribution >= 4 is 23.4 Å². The molecule has 0 saturated carbocycles. The molecule has 3 nitrogen and oxygen atoms in total. The summed E-state index contributed by atoms with van der Waals surface area (Å²) in [5.41, 5.74) is -3.94. The fourth-order valence-corrected chi connectivity index (χ4v) is 4.17. The molecule has 0 spiro atoms. The van der Waals surface area contributed by atoms with Crippen LogP contribution in [0.25, 0.3) is 11.1 Å². The van der Waals surface area contributed by atoms with Crippen molar-refractivity contribution in [2.45, 2.75) is 36.8 Å². The van der Waals surface area contributed by atoms with Gasteiger partial charge in [0, 0.05) is 33.4 Å². The van der Waals surface area contributed by atoms with Crippen LogP contribution in [0.5, 0.6) is 0 Å². The topological polar surface area (TPSA) is 46.0 Å². The summed E-state index contributed by atoms with van der Waals surface area (Å²) in [5, 5.41) is 12.0. The van der Waals surface area contributed by atoms with Gasteiger partial charge in [0.05, 0.1) is 0 Å². The molecule has 2 aromatic carbocycles. The van der Waals surface area contributed by atoms with E-state index < -0.39 is 16.5 Å². The zero-order chi connectivity index (χ0) is 22.2. The second kappa shape index (κ2) is 8.21. The summed E-state index contributed by atoms with van der Waals surface area (Å²) >= 11 is 6.43. The van der Waals surface area contributed by atoms with Crippen molar-refractivity contribution in [2.75, 3.05) is 0 Å². The normalized spacial score (nSPS) is 14.4. The monoisotopic (exact) mass is 452 g/mol. The van der Waals surface area contributed by atoms with Crippen LogP contribution in [0, 0.1) is 5.41 Å². The second-order valence-corrected chi connectivity index (χ2v) is 9.40. The first-order valence-corrected chi connectivity index (χ1v) is 10.3. The predicted octanol–water partition coefficient (Wildman–Crippen LogP) is 6.69. The molecule has 0 bridgehead atoms. The molecule has 3 rings (SSSR count). The standard InChI is InChI=1S/C22H20ClF3N2OS/c1-20(2,3)21(29,16-11-27-13-28-12-16)18-9-6-15(10-19(18)23)14-4-7-17(8-5-14)30-22(24,25)26/h4-13,29H,1-3H3. The summed E-state index contributed by atoms with van der Waals surface area (Å²) in [4.78, 5) is 8.16. The molecule has 0 aliphatic heterocycles. The molecular formula is C22H20ClF3N2OS. The van der Waals surface area contributed by atoms with Gasteiger partial charge in [0.15, 0.2) is 0 Å². The van der Waals surface area contributed by atoms with Crippen LogP contribution in [0.1, 0.15) is 31.9 Å². The molecule has 1 aromatic heterocycles. The maximum Gasteiger partial charge on any atom is 0.446 e. The number of hydrogen-bond donors (Lipinski definition) is 1. The SMILES string of the molecule is CC(C)(C)C(O)(c1cncnc1)c1ccc(-c2ccc(SC(F)(F)F)cc2)cc1Cl. The molecule has 0 radical (unpaired) electrons. The minimum Gasteiger partial charge on any atom is -0.380 e. The fourth-order valence-electron chi connectivity index (χ4n) is 3.32. The number of thioether (sulfide) groups is 1. The Labute approximate surface area is 182 Å². The highest BCUT2D eigenvalue weighted by atomic mass is 35.5. The molecule has 3 aromatic rings. The third-order valence-electron chi connectivity index (χ3n) is 4.84. The van der Waals surface area contributed by atoms with Crippen molar-refractivity contribution in [2.24, 2.45) is 5.41 Å². The van der Waals surface area contributed by atoms with Gasteiger partial charge in [-0.15, -0.1) is 0 Å². The van der Waals surface area contributed by atoms with E-state index in [1.807, 2.05) is 20.8 Å². The summed E-state index contributed by atoms with van der Waals surface area (Å²) in [5.74, 6) is 0. The molecule has 0 aliphatic carbocycles. The van der Waals surface area contributed by atoms with Gasteiger partial charge in [0.1, 0.15) is 11.9 Å². The second-order valence-electron chi connectivity index (χ2n) is 7.85. The molecule has 0 fully saturated rings. The minimum atomic E-state index is -4.33. The summed E-state index contributed by atoms with van der Waals surface area (Å²) in [6, 6.07) is 11.3. The van der Waals surface area contributed by atoms with E-state index >= 15 is 0 Å². The zero-order valence-electron chi connectivity index (χ0n) is 16.5. The maximum absolute atomic E-state index is 12.5. The molecule has 8 heteroatoms. The third kappa shape index (κ3) is 4.63. The van der Waals surface area contributed by atoms with Crippen LogP contribution in [-0.2, 0) is 5.60 Å². The summed E-state index contributed by atoms with van der Waals surface area (Å²) < 4.78 is 37.6. The molecule has 158 valence electrons. The lowest BCUT2D eigenvalue weighted by atomic mass is 9.69. The van der Waals surface area contributed by atoms with Crippen LogP contribution in [0.4, 0.5) is 13.2 Å². The third-order valence-corrected chi connectivity index (χ3v) is 5.90. The van der Waals surface area contributed by atoms with E-state index in [1.165, 1.54) is 18.5 Å². The average Bonchev–Trinajstić information content (AvgIpc) is 2.66. The number of halogens is 4. The molecule has 1 atom stereocenters. The number of benzene rings is 2. The van der Waals surface area contributed by atoms with Crippen LogP contribution < -0.4 is 0 Å². The fraction of sp³-hybridized carbons (Fsp3) is 0.273. The molecule has 30 heavy (non-hydrogen) atoms. The van der Waals surface area contributed by atoms with Crippen molar-refractivity contribution in [3.63, 3.8) is 0 Å². The van der Waals surface area contributed by atoms with Crippen molar-refractivity contribution in [1.82, 2.24) is 9.97 Å². The van der Waals surface area contributed by atoms with Gasteiger partial charge in [-0.05, 0) is 46.5 Å². The van der Waals surface area contributed by atoms with E-state index in [0.29, 0.717) is 16.1 Å². The molecule has 1 heterocycles. The molecule has 1 N–H and O–H groups in total. The van der Waals surface area contributed by atoms with Crippen molar-refractivity contribution < 1.29 is 18.3 Å². The van der Waals surface area contributed by atoms with Gasteiger partial charge in [-0.2, -0.15) is 13.2 Å². The Balaban J connectivity index is 2.00. The molecule has 0 aliphatic rings. The lowest BCUT2D eigenvalue weighted by Gasteiger charge is -2.41. The smallest absolute Gasteiger partial charge is 0.380 e. The zero-order valence-corrected chi connectivity index (χ0v) is 18.1. The predicted molar refractivity (Wildman–Crippen MR) is 113 cm³/mol. The Morgan fingerprint density at radius 2 is 1.47 bits per heavy atom. The van der Waals surface area contributed by atoms with Crippen LogP contribution in [0.15, 0.2) is 66.1 Å². The Morgan fingerprint density at radius 1 is 0.900 bits per heavy atom. The number of hydrogen-bond acceptors (Lipinski definition) is 4. The van der Waals surface area contributed by atoms with Gasteiger partial charge in [-0.3, -0.25) is 0 Å². The van der Waals surface area contributed by atoms with Crippen molar-refractivity contribution in [3.05, 3.63) is 77.3 Å². The number of aliphatic hydroxyl groups is 1. The van der Waals surface area contributed by atoms with Crippen LogP contribution >= 0.6 is 23.4 Å². The van der Waals surface area contributed by atoms with Gasteiger partial charge in [0.2, 0.25) is 0 Å². The van der Waals surface area contributed by atoms with Gasteiger partial charge in [-0.1, -0.05) is 56.6 Å². The summed E-state index contributed by atoms with van der Waals surface area (Å²) in [6.07, 6.45) is 4.50. The van der Waals surface area contributed by atoms with Crippen LogP contribution in [0.3, 0.4) is 0 Å². The quantitative estimate of drug-likeness (QED) is 0.448. The first-order chi connectivity index (χ1) is 13.9. The van der Waals surface area contributed by atoms with E-state index in [4.69, 9.17) is 11.6 Å². The van der Waals surface area contributed by atoms with Crippen molar-refractivity contribution in [3.8, 4) is 11.1 Å². The van der Waals surface area contributed by atoms with Gasteiger partial charge in [0.25, 0.3) is 0 Å². The van der Waals surface area contributed by atoms with Crippen LogP contribution in [-0.4, -0.2) is 20.6 Å². The molecule has 0 saturated heterocycles. The number of alkyl halides is 3. The van der Waals surface area contributed by atoms with E-state index in [9.17, 15) is 18.3 Å².